The molecular formula is C17H24O. The summed E-state index contributed by atoms with van der Waals surface area (Å²) in [7, 11) is 0. The summed E-state index contributed by atoms with van der Waals surface area (Å²) in [6.07, 6.45) is 5.90. The molecule has 1 nitrogen and oxygen atoms in total. The van der Waals surface area contributed by atoms with E-state index >= 15 is 0 Å². The Morgan fingerprint density at radius 1 is 1.00 bits per heavy atom. The van der Waals surface area contributed by atoms with Crippen molar-refractivity contribution < 1.29 is 4.79 Å². The van der Waals surface area contributed by atoms with E-state index in [1.54, 1.807) is 0 Å². The largest absolute Gasteiger partial charge is 0.294 e. The molecule has 1 aliphatic rings. The van der Waals surface area contributed by atoms with Crippen molar-refractivity contribution in [2.24, 2.45) is 5.92 Å². The molecule has 1 heteroatoms. The lowest BCUT2D eigenvalue weighted by Crippen LogP contribution is -2.18. The van der Waals surface area contributed by atoms with E-state index in [0.717, 1.165) is 18.4 Å². The topological polar surface area (TPSA) is 17.1 Å². The molecule has 1 aliphatic carbocycles. The van der Waals surface area contributed by atoms with Gasteiger partial charge in [0, 0.05) is 11.5 Å². The van der Waals surface area contributed by atoms with Crippen molar-refractivity contribution in [3.8, 4) is 0 Å². The SMILES string of the molecule is CC(C)(C)c1ccc(C(=O)C2CCCCC2)cc1. The average molecular weight is 244 g/mol. The molecule has 0 unspecified atom stereocenters. The van der Waals surface area contributed by atoms with Crippen LogP contribution in [0.15, 0.2) is 24.3 Å². The van der Waals surface area contributed by atoms with E-state index in [1.807, 2.05) is 12.1 Å². The average Bonchev–Trinajstić information content (AvgIpc) is 2.38. The molecule has 98 valence electrons. The Kier molecular flexibility index (Phi) is 3.89. The molecule has 2 rings (SSSR count). The number of hydrogen-bond donors (Lipinski definition) is 0. The molecule has 0 aliphatic heterocycles. The molecule has 0 atom stereocenters. The van der Waals surface area contributed by atoms with Gasteiger partial charge in [-0.25, -0.2) is 0 Å². The normalized spacial score (nSPS) is 17.7. The lowest BCUT2D eigenvalue weighted by molar-refractivity contribution is 0.0889. The fourth-order valence-electron chi connectivity index (χ4n) is 2.73. The first-order chi connectivity index (χ1) is 8.48. The van der Waals surface area contributed by atoms with Gasteiger partial charge in [0.2, 0.25) is 0 Å². The molecule has 0 bridgehead atoms. The zero-order chi connectivity index (χ0) is 13.2. The highest BCUT2D eigenvalue weighted by Crippen LogP contribution is 2.28. The molecule has 0 aromatic heterocycles. The van der Waals surface area contributed by atoms with Crippen molar-refractivity contribution in [1.29, 1.82) is 0 Å². The molecule has 0 amide bonds. The highest BCUT2D eigenvalue weighted by molar-refractivity contribution is 5.97. The summed E-state index contributed by atoms with van der Waals surface area (Å²) in [5.41, 5.74) is 2.35. The van der Waals surface area contributed by atoms with Crippen LogP contribution in [0, 0.1) is 5.92 Å². The lowest BCUT2D eigenvalue weighted by atomic mass is 9.82. The number of rotatable bonds is 2. The van der Waals surface area contributed by atoms with Gasteiger partial charge >= 0.3 is 0 Å². The highest BCUT2D eigenvalue weighted by atomic mass is 16.1. The van der Waals surface area contributed by atoms with Crippen LogP contribution in [-0.2, 0) is 5.41 Å². The summed E-state index contributed by atoms with van der Waals surface area (Å²) in [5.74, 6) is 0.634. The van der Waals surface area contributed by atoms with E-state index in [-0.39, 0.29) is 11.3 Å². The second-order valence-corrected chi connectivity index (χ2v) is 6.53. The molecule has 1 fully saturated rings. The Bertz CT molecular complexity index is 402. The maximum absolute atomic E-state index is 12.4. The summed E-state index contributed by atoms with van der Waals surface area (Å²) in [6.45, 7) is 6.60. The second-order valence-electron chi connectivity index (χ2n) is 6.53. The van der Waals surface area contributed by atoms with Crippen LogP contribution in [0.3, 0.4) is 0 Å². The first-order valence-electron chi connectivity index (χ1n) is 7.13. The number of hydrogen-bond acceptors (Lipinski definition) is 1. The van der Waals surface area contributed by atoms with Gasteiger partial charge in [-0.05, 0) is 23.8 Å². The van der Waals surface area contributed by atoms with Crippen molar-refractivity contribution >= 4 is 5.78 Å². The number of Topliss-reactive ketones (excluding diaryl/α,β-unsaturated/α-hetero) is 1. The molecule has 18 heavy (non-hydrogen) atoms. The third kappa shape index (κ3) is 3.01. The summed E-state index contributed by atoms with van der Waals surface area (Å²) >= 11 is 0. The van der Waals surface area contributed by atoms with E-state index in [4.69, 9.17) is 0 Å². The van der Waals surface area contributed by atoms with Crippen LogP contribution in [0.1, 0.15) is 68.8 Å². The van der Waals surface area contributed by atoms with Crippen molar-refractivity contribution in [3.63, 3.8) is 0 Å². The zero-order valence-electron chi connectivity index (χ0n) is 11.8. The van der Waals surface area contributed by atoms with Gasteiger partial charge in [-0.3, -0.25) is 4.79 Å². The zero-order valence-corrected chi connectivity index (χ0v) is 11.8. The molecule has 0 saturated heterocycles. The third-order valence-electron chi connectivity index (χ3n) is 4.01. The summed E-state index contributed by atoms with van der Waals surface area (Å²) in [6, 6.07) is 8.24. The van der Waals surface area contributed by atoms with Crippen LogP contribution < -0.4 is 0 Å². The van der Waals surface area contributed by atoms with E-state index in [0.29, 0.717) is 5.78 Å². The molecule has 1 saturated carbocycles. The Labute approximate surface area is 111 Å². The Balaban J connectivity index is 2.11. The molecule has 0 radical (unpaired) electrons. The minimum Gasteiger partial charge on any atom is -0.294 e. The van der Waals surface area contributed by atoms with Crippen LogP contribution in [-0.4, -0.2) is 5.78 Å². The van der Waals surface area contributed by atoms with Gasteiger partial charge in [0.15, 0.2) is 5.78 Å². The molecule has 0 N–H and O–H groups in total. The van der Waals surface area contributed by atoms with Crippen molar-refractivity contribution in [2.75, 3.05) is 0 Å². The van der Waals surface area contributed by atoms with E-state index < -0.39 is 0 Å². The van der Waals surface area contributed by atoms with Gasteiger partial charge in [0.05, 0.1) is 0 Å². The fourth-order valence-corrected chi connectivity index (χ4v) is 2.73. The van der Waals surface area contributed by atoms with Crippen molar-refractivity contribution in [1.82, 2.24) is 0 Å². The Morgan fingerprint density at radius 2 is 1.56 bits per heavy atom. The monoisotopic (exact) mass is 244 g/mol. The molecule has 1 aromatic rings. The maximum Gasteiger partial charge on any atom is 0.165 e. The summed E-state index contributed by atoms with van der Waals surface area (Å²) in [4.78, 5) is 12.4. The predicted octanol–water partition coefficient (Wildman–Crippen LogP) is 4.75. The van der Waals surface area contributed by atoms with Gasteiger partial charge in [-0.15, -0.1) is 0 Å². The van der Waals surface area contributed by atoms with E-state index in [1.165, 1.54) is 24.8 Å². The lowest BCUT2D eigenvalue weighted by Gasteiger charge is -2.22. The Morgan fingerprint density at radius 3 is 2.06 bits per heavy atom. The van der Waals surface area contributed by atoms with Crippen LogP contribution >= 0.6 is 0 Å². The molecule has 1 aromatic carbocycles. The minimum absolute atomic E-state index is 0.159. The van der Waals surface area contributed by atoms with Gasteiger partial charge in [-0.1, -0.05) is 64.3 Å². The predicted molar refractivity (Wildman–Crippen MR) is 76.0 cm³/mol. The Hall–Kier alpha value is -1.11. The second kappa shape index (κ2) is 5.26. The van der Waals surface area contributed by atoms with Gasteiger partial charge in [-0.2, -0.15) is 0 Å². The standard InChI is InChI=1S/C17H24O/c1-17(2,3)15-11-9-14(10-12-15)16(18)13-7-5-4-6-8-13/h9-13H,4-8H2,1-3H3. The molecular weight excluding hydrogens is 220 g/mol. The van der Waals surface area contributed by atoms with E-state index in [9.17, 15) is 4.79 Å². The van der Waals surface area contributed by atoms with Crippen LogP contribution in [0.4, 0.5) is 0 Å². The molecule has 0 heterocycles. The van der Waals surface area contributed by atoms with Crippen LogP contribution in [0.2, 0.25) is 0 Å². The quantitative estimate of drug-likeness (QED) is 0.686. The van der Waals surface area contributed by atoms with Crippen LogP contribution in [0.5, 0.6) is 0 Å². The van der Waals surface area contributed by atoms with Gasteiger partial charge in [0.1, 0.15) is 0 Å². The third-order valence-corrected chi connectivity index (χ3v) is 4.01. The van der Waals surface area contributed by atoms with E-state index in [2.05, 4.69) is 32.9 Å². The van der Waals surface area contributed by atoms with Crippen LogP contribution in [0.25, 0.3) is 0 Å². The summed E-state index contributed by atoms with van der Waals surface area (Å²) < 4.78 is 0. The van der Waals surface area contributed by atoms with Crippen molar-refractivity contribution in [2.45, 2.75) is 58.3 Å². The first kappa shape index (κ1) is 13.3. The molecule has 0 spiro atoms. The van der Waals surface area contributed by atoms with Gasteiger partial charge < -0.3 is 0 Å². The van der Waals surface area contributed by atoms with Crippen molar-refractivity contribution in [3.05, 3.63) is 35.4 Å². The number of ketones is 1. The first-order valence-corrected chi connectivity index (χ1v) is 7.13. The number of carbonyl (C=O) groups excluding carboxylic acids is 1. The number of carbonyl (C=O) groups is 1. The van der Waals surface area contributed by atoms with Gasteiger partial charge in [0.25, 0.3) is 0 Å². The smallest absolute Gasteiger partial charge is 0.165 e. The summed E-state index contributed by atoms with van der Waals surface area (Å²) in [5, 5.41) is 0. The fraction of sp³-hybridized carbons (Fsp3) is 0.588. The maximum atomic E-state index is 12.4. The minimum atomic E-state index is 0.159. The number of benzene rings is 1. The highest BCUT2D eigenvalue weighted by Gasteiger charge is 2.22.